The summed E-state index contributed by atoms with van der Waals surface area (Å²) in [6.07, 6.45) is 1.54. The maximum atomic E-state index is 11.8. The normalized spacial score (nSPS) is 11.1. The Morgan fingerprint density at radius 3 is 2.53 bits per heavy atom. The van der Waals surface area contributed by atoms with Gasteiger partial charge in [-0.25, -0.2) is 4.68 Å². The highest BCUT2D eigenvalue weighted by atomic mass is 32.1. The molecule has 0 aliphatic carbocycles. The molecular weight excluding hydrogens is 260 g/mol. The molecule has 0 amide bonds. The third-order valence-electron chi connectivity index (χ3n) is 2.92. The molecule has 0 fully saturated rings. The Balaban J connectivity index is 2.37. The zero-order valence-electron chi connectivity index (χ0n) is 10.5. The van der Waals surface area contributed by atoms with Crippen molar-refractivity contribution in [1.82, 2.24) is 19.7 Å². The first-order chi connectivity index (χ1) is 9.04. The molecule has 2 heterocycles. The number of aryl methyl sites for hydroxylation is 2. The summed E-state index contributed by atoms with van der Waals surface area (Å²) in [5, 5.41) is 4.76. The van der Waals surface area contributed by atoms with E-state index in [1.165, 1.54) is 6.20 Å². The number of rotatable bonds is 1. The van der Waals surface area contributed by atoms with Crippen LogP contribution in [-0.4, -0.2) is 19.7 Å². The van der Waals surface area contributed by atoms with Crippen molar-refractivity contribution in [3.05, 3.63) is 50.6 Å². The lowest BCUT2D eigenvalue weighted by atomic mass is 10.1. The number of nitrogens with zero attached hydrogens (tertiary/aromatic N) is 2. The van der Waals surface area contributed by atoms with E-state index in [9.17, 15) is 4.79 Å². The van der Waals surface area contributed by atoms with Gasteiger partial charge in [-0.15, -0.1) is 0 Å². The minimum absolute atomic E-state index is 0.227. The van der Waals surface area contributed by atoms with Crippen molar-refractivity contribution in [3.8, 4) is 5.69 Å². The molecule has 6 heteroatoms. The van der Waals surface area contributed by atoms with Gasteiger partial charge in [-0.3, -0.25) is 9.78 Å². The molecule has 0 aliphatic rings. The second kappa shape index (κ2) is 4.17. The number of nitrogens with one attached hydrogen (secondary N) is 2. The molecule has 1 aromatic carbocycles. The van der Waals surface area contributed by atoms with Crippen LogP contribution < -0.4 is 5.56 Å². The van der Waals surface area contributed by atoms with Crippen LogP contribution in [-0.2, 0) is 0 Å². The van der Waals surface area contributed by atoms with E-state index < -0.39 is 0 Å². The summed E-state index contributed by atoms with van der Waals surface area (Å²) in [7, 11) is 0. The number of hydrogen-bond donors (Lipinski definition) is 2. The maximum absolute atomic E-state index is 11.8. The van der Waals surface area contributed by atoms with E-state index in [1.807, 2.05) is 26.0 Å². The summed E-state index contributed by atoms with van der Waals surface area (Å²) in [5.41, 5.74) is 3.57. The fourth-order valence-electron chi connectivity index (χ4n) is 2.21. The zero-order chi connectivity index (χ0) is 13.6. The third-order valence-corrected chi connectivity index (χ3v) is 3.13. The molecule has 0 atom stereocenters. The van der Waals surface area contributed by atoms with Gasteiger partial charge >= 0.3 is 0 Å². The molecule has 5 nitrogen and oxygen atoms in total. The number of H-pyrrole nitrogens is 2. The Bertz CT molecular complexity index is 867. The molecule has 2 N–H and O–H groups in total. The first-order valence-electron chi connectivity index (χ1n) is 5.83. The van der Waals surface area contributed by atoms with Crippen molar-refractivity contribution in [2.24, 2.45) is 0 Å². The predicted octanol–water partition coefficient (Wildman–Crippen LogP) is 2.39. The summed E-state index contributed by atoms with van der Waals surface area (Å²) in [6.45, 7) is 4.05. The molecule has 3 aromatic rings. The molecule has 0 aliphatic heterocycles. The third kappa shape index (κ3) is 2.00. The van der Waals surface area contributed by atoms with Crippen molar-refractivity contribution in [2.45, 2.75) is 13.8 Å². The van der Waals surface area contributed by atoms with Crippen LogP contribution in [0.2, 0.25) is 0 Å². The van der Waals surface area contributed by atoms with E-state index in [-0.39, 0.29) is 5.56 Å². The van der Waals surface area contributed by atoms with Crippen LogP contribution in [0.5, 0.6) is 0 Å². The lowest BCUT2D eigenvalue weighted by molar-refractivity contribution is 0.890. The van der Waals surface area contributed by atoms with Gasteiger partial charge in [0.25, 0.3) is 5.56 Å². The molecule has 0 bridgehead atoms. The summed E-state index contributed by atoms with van der Waals surface area (Å²) < 4.78 is 1.99. The molecular formula is C13H12N4OS. The van der Waals surface area contributed by atoms with Gasteiger partial charge < -0.3 is 4.98 Å². The predicted molar refractivity (Wildman–Crippen MR) is 76.3 cm³/mol. The Labute approximate surface area is 113 Å². The van der Waals surface area contributed by atoms with E-state index >= 15 is 0 Å². The van der Waals surface area contributed by atoms with Crippen molar-refractivity contribution in [3.63, 3.8) is 0 Å². The van der Waals surface area contributed by atoms with Crippen LogP contribution in [0, 0.1) is 18.6 Å². The Morgan fingerprint density at radius 2 is 1.84 bits per heavy atom. The fourth-order valence-corrected chi connectivity index (χ4v) is 2.40. The number of fused-ring (bicyclic) bond motifs is 1. The molecule has 0 saturated heterocycles. The van der Waals surface area contributed by atoms with E-state index in [1.54, 1.807) is 4.68 Å². The van der Waals surface area contributed by atoms with Crippen molar-refractivity contribution >= 4 is 23.3 Å². The summed E-state index contributed by atoms with van der Waals surface area (Å²) >= 11 is 5.00. The van der Waals surface area contributed by atoms with Gasteiger partial charge in [-0.2, -0.15) is 5.10 Å². The molecule has 0 saturated carbocycles. The van der Waals surface area contributed by atoms with E-state index in [4.69, 9.17) is 12.2 Å². The molecule has 2 aromatic heterocycles. The first-order valence-corrected chi connectivity index (χ1v) is 6.24. The van der Waals surface area contributed by atoms with Gasteiger partial charge in [0, 0.05) is 0 Å². The fraction of sp³-hybridized carbons (Fsp3) is 0.154. The minimum Gasteiger partial charge on any atom is -0.316 e. The van der Waals surface area contributed by atoms with Crippen molar-refractivity contribution in [1.29, 1.82) is 0 Å². The summed E-state index contributed by atoms with van der Waals surface area (Å²) in [4.78, 5) is 17.3. The Kier molecular flexibility index (Phi) is 2.60. The average molecular weight is 272 g/mol. The van der Waals surface area contributed by atoms with Gasteiger partial charge in [0.05, 0.1) is 11.9 Å². The minimum atomic E-state index is -0.227. The SMILES string of the molecule is Cc1cc(C)cc(-n2ncc3c(=O)[nH]c(=S)[nH]c32)c1. The van der Waals surface area contributed by atoms with E-state index in [0.717, 1.165) is 16.8 Å². The highest BCUT2D eigenvalue weighted by molar-refractivity contribution is 7.71. The lowest BCUT2D eigenvalue weighted by Crippen LogP contribution is -2.08. The van der Waals surface area contributed by atoms with Crippen molar-refractivity contribution in [2.75, 3.05) is 0 Å². The number of hydrogen-bond acceptors (Lipinski definition) is 3. The highest BCUT2D eigenvalue weighted by Gasteiger charge is 2.09. The second-order valence-electron chi connectivity index (χ2n) is 4.57. The van der Waals surface area contributed by atoms with Gasteiger partial charge in [0.2, 0.25) is 0 Å². The number of benzene rings is 1. The first kappa shape index (κ1) is 11.9. The van der Waals surface area contributed by atoms with Crippen LogP contribution in [0.3, 0.4) is 0 Å². The molecule has 19 heavy (non-hydrogen) atoms. The average Bonchev–Trinajstić information content (AvgIpc) is 2.71. The molecule has 0 spiro atoms. The smallest absolute Gasteiger partial charge is 0.262 e. The topological polar surface area (TPSA) is 66.5 Å². The van der Waals surface area contributed by atoms with Gasteiger partial charge in [0.15, 0.2) is 4.77 Å². The monoisotopic (exact) mass is 272 g/mol. The van der Waals surface area contributed by atoms with Gasteiger partial charge in [0.1, 0.15) is 11.0 Å². The standard InChI is InChI=1S/C13H12N4OS/c1-7-3-8(2)5-9(4-7)17-11-10(6-14-17)12(18)16-13(19)15-11/h3-6H,1-2H3,(H2,15,16,18,19). The highest BCUT2D eigenvalue weighted by Crippen LogP contribution is 2.16. The van der Waals surface area contributed by atoms with Crippen LogP contribution in [0.15, 0.2) is 29.2 Å². The van der Waals surface area contributed by atoms with E-state index in [2.05, 4.69) is 21.1 Å². The number of aromatic nitrogens is 4. The quantitative estimate of drug-likeness (QED) is 0.668. The van der Waals surface area contributed by atoms with Crippen LogP contribution >= 0.6 is 12.2 Å². The second-order valence-corrected chi connectivity index (χ2v) is 4.98. The van der Waals surface area contributed by atoms with Gasteiger partial charge in [-0.1, -0.05) is 6.07 Å². The van der Waals surface area contributed by atoms with E-state index in [0.29, 0.717) is 15.8 Å². The Morgan fingerprint density at radius 1 is 1.16 bits per heavy atom. The number of aromatic amines is 2. The molecule has 96 valence electrons. The maximum Gasteiger partial charge on any atom is 0.262 e. The zero-order valence-corrected chi connectivity index (χ0v) is 11.3. The van der Waals surface area contributed by atoms with Crippen molar-refractivity contribution < 1.29 is 0 Å². The van der Waals surface area contributed by atoms with Crippen LogP contribution in [0.1, 0.15) is 11.1 Å². The summed E-state index contributed by atoms with van der Waals surface area (Å²) in [6, 6.07) is 6.11. The molecule has 3 rings (SSSR count). The van der Waals surface area contributed by atoms with Crippen LogP contribution in [0.4, 0.5) is 0 Å². The Hall–Kier alpha value is -2.21. The van der Waals surface area contributed by atoms with Gasteiger partial charge in [-0.05, 0) is 49.3 Å². The largest absolute Gasteiger partial charge is 0.316 e. The molecule has 0 unspecified atom stereocenters. The van der Waals surface area contributed by atoms with Crippen LogP contribution in [0.25, 0.3) is 16.7 Å². The lowest BCUT2D eigenvalue weighted by Gasteiger charge is -2.06. The molecule has 0 radical (unpaired) electrons. The summed E-state index contributed by atoms with van der Waals surface area (Å²) in [5.74, 6) is 0.